The second-order valence-corrected chi connectivity index (χ2v) is 5.67. The molecule has 1 aromatic rings. The van der Waals surface area contributed by atoms with Crippen molar-refractivity contribution in [2.45, 2.75) is 27.2 Å². The van der Waals surface area contributed by atoms with Crippen LogP contribution in [0.4, 0.5) is 5.69 Å². The van der Waals surface area contributed by atoms with E-state index in [0.29, 0.717) is 18.7 Å². The summed E-state index contributed by atoms with van der Waals surface area (Å²) in [5.74, 6) is -0.0351. The average Bonchev–Trinajstić information content (AvgIpc) is 2.44. The largest absolute Gasteiger partial charge is 0.385 e. The Hall–Kier alpha value is -1.55. The van der Waals surface area contributed by atoms with Crippen LogP contribution in [0.1, 0.15) is 37.6 Å². The Morgan fingerprint density at radius 3 is 2.65 bits per heavy atom. The summed E-state index contributed by atoms with van der Waals surface area (Å²) in [6, 6.07) is 7.58. The molecular weight excluding hydrogens is 252 g/mol. The molecule has 20 heavy (non-hydrogen) atoms. The maximum atomic E-state index is 12.3. The van der Waals surface area contributed by atoms with Crippen molar-refractivity contribution in [2.75, 3.05) is 32.1 Å². The Morgan fingerprint density at radius 2 is 2.00 bits per heavy atom. The number of methoxy groups -OCH3 is 1. The van der Waals surface area contributed by atoms with Crippen LogP contribution in [0.15, 0.2) is 24.3 Å². The van der Waals surface area contributed by atoms with Crippen LogP contribution in [0, 0.1) is 5.41 Å². The smallest absolute Gasteiger partial charge is 0.253 e. The van der Waals surface area contributed by atoms with Crippen LogP contribution in [0.5, 0.6) is 0 Å². The summed E-state index contributed by atoms with van der Waals surface area (Å²) in [5.41, 5.74) is 1.60. The van der Waals surface area contributed by atoms with Crippen molar-refractivity contribution < 1.29 is 9.53 Å². The van der Waals surface area contributed by atoms with Gasteiger partial charge in [0.25, 0.3) is 5.91 Å². The van der Waals surface area contributed by atoms with Gasteiger partial charge >= 0.3 is 0 Å². The van der Waals surface area contributed by atoms with Crippen LogP contribution >= 0.6 is 0 Å². The standard InChI is InChI=1S/C16H26N2O2/c1-5-17-14-9-7-6-8-13(14)15(19)18-12-16(2,3)10-11-20-4/h6-9,17H,5,10-12H2,1-4H3,(H,18,19). The van der Waals surface area contributed by atoms with Crippen molar-refractivity contribution in [1.29, 1.82) is 0 Å². The fourth-order valence-corrected chi connectivity index (χ4v) is 1.91. The molecule has 0 spiro atoms. The molecule has 2 N–H and O–H groups in total. The first kappa shape index (κ1) is 16.5. The topological polar surface area (TPSA) is 50.4 Å². The van der Waals surface area contributed by atoms with E-state index < -0.39 is 0 Å². The molecule has 0 fully saturated rings. The zero-order valence-electron chi connectivity index (χ0n) is 13.0. The predicted octanol–water partition coefficient (Wildman–Crippen LogP) is 2.91. The molecule has 4 heteroatoms. The van der Waals surface area contributed by atoms with E-state index in [9.17, 15) is 4.79 Å². The predicted molar refractivity (Wildman–Crippen MR) is 83.2 cm³/mol. The summed E-state index contributed by atoms with van der Waals surface area (Å²) in [4.78, 5) is 12.3. The lowest BCUT2D eigenvalue weighted by Crippen LogP contribution is -2.35. The molecule has 0 aliphatic rings. The van der Waals surface area contributed by atoms with Crippen molar-refractivity contribution >= 4 is 11.6 Å². The van der Waals surface area contributed by atoms with Crippen LogP contribution in [0.2, 0.25) is 0 Å². The SMILES string of the molecule is CCNc1ccccc1C(=O)NCC(C)(C)CCOC. The van der Waals surface area contributed by atoms with Gasteiger partial charge in [0, 0.05) is 32.5 Å². The number of benzene rings is 1. The maximum absolute atomic E-state index is 12.3. The lowest BCUT2D eigenvalue weighted by molar-refractivity contribution is 0.0921. The van der Waals surface area contributed by atoms with E-state index >= 15 is 0 Å². The molecule has 0 radical (unpaired) electrons. The number of anilines is 1. The first-order chi connectivity index (χ1) is 9.50. The Labute approximate surface area is 121 Å². The average molecular weight is 278 g/mol. The summed E-state index contributed by atoms with van der Waals surface area (Å²) in [6.07, 6.45) is 0.915. The van der Waals surface area contributed by atoms with Crippen molar-refractivity contribution in [3.05, 3.63) is 29.8 Å². The molecule has 0 aliphatic heterocycles. The highest BCUT2D eigenvalue weighted by Crippen LogP contribution is 2.20. The normalized spacial score (nSPS) is 11.2. The van der Waals surface area contributed by atoms with Gasteiger partial charge in [-0.25, -0.2) is 0 Å². The molecule has 1 aromatic carbocycles. The highest BCUT2D eigenvalue weighted by molar-refractivity contribution is 5.99. The molecule has 0 unspecified atom stereocenters. The van der Waals surface area contributed by atoms with Gasteiger partial charge in [-0.15, -0.1) is 0 Å². The van der Waals surface area contributed by atoms with Crippen molar-refractivity contribution in [3.8, 4) is 0 Å². The van der Waals surface area contributed by atoms with E-state index in [4.69, 9.17) is 4.74 Å². The molecule has 0 aromatic heterocycles. The highest BCUT2D eigenvalue weighted by atomic mass is 16.5. The molecule has 0 bridgehead atoms. The zero-order valence-corrected chi connectivity index (χ0v) is 13.0. The Bertz CT molecular complexity index is 430. The molecule has 0 heterocycles. The van der Waals surface area contributed by atoms with Crippen LogP contribution < -0.4 is 10.6 Å². The zero-order chi connectivity index (χ0) is 15.0. The first-order valence-electron chi connectivity index (χ1n) is 7.10. The number of rotatable bonds is 8. The minimum absolute atomic E-state index is 0.0266. The van der Waals surface area contributed by atoms with Gasteiger partial charge in [-0.2, -0.15) is 0 Å². The molecule has 1 amide bonds. The summed E-state index contributed by atoms with van der Waals surface area (Å²) in [7, 11) is 1.70. The van der Waals surface area contributed by atoms with Crippen molar-refractivity contribution in [3.63, 3.8) is 0 Å². The number of hydrogen-bond acceptors (Lipinski definition) is 3. The van der Waals surface area contributed by atoms with Gasteiger partial charge in [0.15, 0.2) is 0 Å². The molecule has 0 atom stereocenters. The summed E-state index contributed by atoms with van der Waals surface area (Å²) in [5, 5.41) is 6.22. The van der Waals surface area contributed by atoms with Crippen molar-refractivity contribution in [1.82, 2.24) is 5.32 Å². The second kappa shape index (κ2) is 7.90. The first-order valence-corrected chi connectivity index (χ1v) is 7.10. The molecule has 0 aliphatic carbocycles. The number of para-hydroxylation sites is 1. The van der Waals surface area contributed by atoms with Gasteiger partial charge in [-0.05, 0) is 30.9 Å². The summed E-state index contributed by atoms with van der Waals surface area (Å²) < 4.78 is 5.10. The fourth-order valence-electron chi connectivity index (χ4n) is 1.91. The van der Waals surface area contributed by atoms with Gasteiger partial charge in [-0.1, -0.05) is 26.0 Å². The Morgan fingerprint density at radius 1 is 1.30 bits per heavy atom. The van der Waals surface area contributed by atoms with Crippen molar-refractivity contribution in [2.24, 2.45) is 5.41 Å². The molecular formula is C16H26N2O2. The molecule has 112 valence electrons. The lowest BCUT2D eigenvalue weighted by Gasteiger charge is -2.24. The fraction of sp³-hybridized carbons (Fsp3) is 0.562. The van der Waals surface area contributed by atoms with Gasteiger partial charge < -0.3 is 15.4 Å². The third-order valence-electron chi connectivity index (χ3n) is 3.25. The van der Waals surface area contributed by atoms with Crippen LogP contribution in [0.25, 0.3) is 0 Å². The van der Waals surface area contributed by atoms with Gasteiger partial charge in [0.2, 0.25) is 0 Å². The van der Waals surface area contributed by atoms with E-state index in [2.05, 4.69) is 24.5 Å². The Balaban J connectivity index is 2.63. The molecule has 4 nitrogen and oxygen atoms in total. The van der Waals surface area contributed by atoms with E-state index in [0.717, 1.165) is 18.7 Å². The quantitative estimate of drug-likeness (QED) is 0.768. The number of carbonyl (C=O) groups excluding carboxylic acids is 1. The summed E-state index contributed by atoms with van der Waals surface area (Å²) in [6.45, 7) is 8.41. The highest BCUT2D eigenvalue weighted by Gasteiger charge is 2.19. The number of ether oxygens (including phenoxy) is 1. The Kier molecular flexibility index (Phi) is 6.52. The number of amides is 1. The van der Waals surface area contributed by atoms with Crippen LogP contribution in [0.3, 0.4) is 0 Å². The van der Waals surface area contributed by atoms with E-state index in [-0.39, 0.29) is 11.3 Å². The number of carbonyl (C=O) groups is 1. The molecule has 1 rings (SSSR count). The van der Waals surface area contributed by atoms with Gasteiger partial charge in [0.1, 0.15) is 0 Å². The molecule has 0 saturated carbocycles. The van der Waals surface area contributed by atoms with Crippen LogP contribution in [-0.4, -0.2) is 32.7 Å². The van der Waals surface area contributed by atoms with E-state index in [1.54, 1.807) is 7.11 Å². The number of hydrogen-bond donors (Lipinski definition) is 2. The second-order valence-electron chi connectivity index (χ2n) is 5.67. The summed E-state index contributed by atoms with van der Waals surface area (Å²) >= 11 is 0. The van der Waals surface area contributed by atoms with E-state index in [1.165, 1.54) is 0 Å². The third-order valence-corrected chi connectivity index (χ3v) is 3.25. The van der Waals surface area contributed by atoms with Crippen LogP contribution in [-0.2, 0) is 4.74 Å². The monoisotopic (exact) mass is 278 g/mol. The van der Waals surface area contributed by atoms with E-state index in [1.807, 2.05) is 31.2 Å². The maximum Gasteiger partial charge on any atom is 0.253 e. The molecule has 0 saturated heterocycles. The number of nitrogens with one attached hydrogen (secondary N) is 2. The minimum Gasteiger partial charge on any atom is -0.385 e. The lowest BCUT2D eigenvalue weighted by atomic mass is 9.89. The van der Waals surface area contributed by atoms with Gasteiger partial charge in [-0.3, -0.25) is 4.79 Å². The third kappa shape index (κ3) is 5.21. The van der Waals surface area contributed by atoms with Gasteiger partial charge in [0.05, 0.1) is 5.56 Å². The minimum atomic E-state index is -0.0351.